The SMILES string of the molecule is Cc1cc(CNC(=O)NC(=O)CCl)cc(C)c1F. The van der Waals surface area contributed by atoms with Crippen LogP contribution in [0.2, 0.25) is 0 Å². The Morgan fingerprint density at radius 3 is 2.33 bits per heavy atom. The normalized spacial score (nSPS) is 10.0. The fourth-order valence-electron chi connectivity index (χ4n) is 1.52. The zero-order valence-corrected chi connectivity index (χ0v) is 10.9. The number of benzene rings is 1. The fourth-order valence-corrected chi connectivity index (χ4v) is 1.59. The lowest BCUT2D eigenvalue weighted by molar-refractivity contribution is -0.117. The van der Waals surface area contributed by atoms with Crippen LogP contribution in [-0.2, 0) is 11.3 Å². The molecule has 98 valence electrons. The van der Waals surface area contributed by atoms with Crippen molar-refractivity contribution < 1.29 is 14.0 Å². The lowest BCUT2D eigenvalue weighted by Gasteiger charge is -2.08. The van der Waals surface area contributed by atoms with Crippen molar-refractivity contribution in [1.29, 1.82) is 0 Å². The summed E-state index contributed by atoms with van der Waals surface area (Å²) in [5, 5.41) is 4.53. The molecule has 0 heterocycles. The number of carbonyl (C=O) groups is 2. The van der Waals surface area contributed by atoms with Crippen molar-refractivity contribution >= 4 is 23.5 Å². The van der Waals surface area contributed by atoms with Gasteiger partial charge in [-0.2, -0.15) is 0 Å². The molecule has 0 spiro atoms. The first kappa shape index (κ1) is 14.4. The van der Waals surface area contributed by atoms with Gasteiger partial charge in [0.25, 0.3) is 0 Å². The standard InChI is InChI=1S/C12H14ClFN2O2/c1-7-3-9(4-8(2)11(7)14)6-15-12(18)16-10(17)5-13/h3-4H,5-6H2,1-2H3,(H2,15,16,17,18). The summed E-state index contributed by atoms with van der Waals surface area (Å²) in [7, 11) is 0. The molecule has 0 atom stereocenters. The molecule has 0 radical (unpaired) electrons. The van der Waals surface area contributed by atoms with Gasteiger partial charge in [0.1, 0.15) is 11.7 Å². The molecule has 0 aliphatic heterocycles. The molecule has 18 heavy (non-hydrogen) atoms. The third-order valence-corrected chi connectivity index (χ3v) is 2.57. The molecule has 0 aliphatic rings. The van der Waals surface area contributed by atoms with Gasteiger partial charge in [0, 0.05) is 6.54 Å². The quantitative estimate of drug-likeness (QED) is 0.827. The zero-order valence-electron chi connectivity index (χ0n) is 10.1. The van der Waals surface area contributed by atoms with Crippen LogP contribution in [0.5, 0.6) is 0 Å². The van der Waals surface area contributed by atoms with E-state index < -0.39 is 11.9 Å². The Balaban J connectivity index is 2.59. The lowest BCUT2D eigenvalue weighted by atomic mass is 10.1. The van der Waals surface area contributed by atoms with Gasteiger partial charge in [0.15, 0.2) is 0 Å². The van der Waals surface area contributed by atoms with Crippen molar-refractivity contribution in [1.82, 2.24) is 10.6 Å². The van der Waals surface area contributed by atoms with Crippen molar-refractivity contribution in [2.45, 2.75) is 20.4 Å². The highest BCUT2D eigenvalue weighted by atomic mass is 35.5. The second-order valence-electron chi connectivity index (χ2n) is 3.91. The van der Waals surface area contributed by atoms with Crippen LogP contribution >= 0.6 is 11.6 Å². The van der Waals surface area contributed by atoms with Crippen LogP contribution < -0.4 is 10.6 Å². The molecule has 1 rings (SSSR count). The minimum Gasteiger partial charge on any atom is -0.334 e. The van der Waals surface area contributed by atoms with Crippen LogP contribution in [0, 0.1) is 19.7 Å². The number of aryl methyl sites for hydroxylation is 2. The van der Waals surface area contributed by atoms with Gasteiger partial charge in [-0.15, -0.1) is 11.6 Å². The van der Waals surface area contributed by atoms with Gasteiger partial charge < -0.3 is 5.32 Å². The molecular weight excluding hydrogens is 259 g/mol. The van der Waals surface area contributed by atoms with E-state index in [-0.39, 0.29) is 18.2 Å². The van der Waals surface area contributed by atoms with E-state index in [9.17, 15) is 14.0 Å². The Labute approximate surface area is 110 Å². The number of hydrogen-bond donors (Lipinski definition) is 2. The van der Waals surface area contributed by atoms with Crippen molar-refractivity contribution in [2.24, 2.45) is 0 Å². The minimum absolute atomic E-state index is 0.212. The average Bonchev–Trinajstić information content (AvgIpc) is 2.33. The Morgan fingerprint density at radius 1 is 1.28 bits per heavy atom. The maximum Gasteiger partial charge on any atom is 0.321 e. The van der Waals surface area contributed by atoms with Crippen LogP contribution in [0.25, 0.3) is 0 Å². The molecule has 0 unspecified atom stereocenters. The van der Waals surface area contributed by atoms with Gasteiger partial charge in [-0.1, -0.05) is 12.1 Å². The van der Waals surface area contributed by atoms with E-state index in [1.807, 2.05) is 5.32 Å². The van der Waals surface area contributed by atoms with Gasteiger partial charge in [0.05, 0.1) is 0 Å². The molecule has 0 fully saturated rings. The van der Waals surface area contributed by atoms with Gasteiger partial charge in [-0.3, -0.25) is 10.1 Å². The number of carbonyl (C=O) groups excluding carboxylic acids is 2. The van der Waals surface area contributed by atoms with Crippen molar-refractivity contribution in [3.63, 3.8) is 0 Å². The summed E-state index contributed by atoms with van der Waals surface area (Å²) in [6, 6.07) is 2.66. The zero-order chi connectivity index (χ0) is 13.7. The summed E-state index contributed by atoms with van der Waals surface area (Å²) < 4.78 is 13.4. The molecule has 4 nitrogen and oxygen atoms in total. The molecule has 0 aliphatic carbocycles. The molecule has 1 aromatic carbocycles. The first-order chi connectivity index (χ1) is 8.43. The van der Waals surface area contributed by atoms with Crippen LogP contribution in [0.15, 0.2) is 12.1 Å². The van der Waals surface area contributed by atoms with Crippen molar-refractivity contribution in [2.75, 3.05) is 5.88 Å². The van der Waals surface area contributed by atoms with E-state index in [1.165, 1.54) is 0 Å². The third kappa shape index (κ3) is 4.00. The molecule has 0 aromatic heterocycles. The molecule has 2 N–H and O–H groups in total. The summed E-state index contributed by atoms with van der Waals surface area (Å²) in [6.07, 6.45) is 0. The van der Waals surface area contributed by atoms with E-state index in [1.54, 1.807) is 26.0 Å². The molecular formula is C12H14ClFN2O2. The topological polar surface area (TPSA) is 58.2 Å². The first-order valence-electron chi connectivity index (χ1n) is 5.33. The van der Waals surface area contributed by atoms with Crippen LogP contribution in [0.1, 0.15) is 16.7 Å². The van der Waals surface area contributed by atoms with Crippen molar-refractivity contribution in [3.8, 4) is 0 Å². The molecule has 0 saturated carbocycles. The second kappa shape index (κ2) is 6.35. The Hall–Kier alpha value is -1.62. The fraction of sp³-hybridized carbons (Fsp3) is 0.333. The van der Waals surface area contributed by atoms with Gasteiger partial charge >= 0.3 is 6.03 Å². The van der Waals surface area contributed by atoms with Gasteiger partial charge in [-0.25, -0.2) is 9.18 Å². The summed E-state index contributed by atoms with van der Waals surface area (Å²) in [5.41, 5.74) is 1.80. The molecule has 1 aromatic rings. The number of hydrogen-bond acceptors (Lipinski definition) is 2. The Bertz CT molecular complexity index is 454. The highest BCUT2D eigenvalue weighted by Crippen LogP contribution is 2.14. The summed E-state index contributed by atoms with van der Waals surface area (Å²) >= 11 is 5.24. The van der Waals surface area contributed by atoms with E-state index in [0.717, 1.165) is 5.56 Å². The van der Waals surface area contributed by atoms with E-state index in [4.69, 9.17) is 11.6 Å². The Morgan fingerprint density at radius 2 is 1.83 bits per heavy atom. The highest BCUT2D eigenvalue weighted by Gasteiger charge is 2.07. The maximum atomic E-state index is 13.4. The number of alkyl halides is 1. The first-order valence-corrected chi connectivity index (χ1v) is 5.86. The minimum atomic E-state index is -0.625. The molecule has 0 saturated heterocycles. The van der Waals surface area contributed by atoms with E-state index >= 15 is 0 Å². The van der Waals surface area contributed by atoms with Crippen LogP contribution in [0.4, 0.5) is 9.18 Å². The third-order valence-electron chi connectivity index (χ3n) is 2.32. The summed E-state index contributed by atoms with van der Waals surface area (Å²) in [6.45, 7) is 3.52. The predicted octanol–water partition coefficient (Wildman–Crippen LogP) is 2.01. The molecule has 0 bridgehead atoms. The monoisotopic (exact) mass is 272 g/mol. The predicted molar refractivity (Wildman–Crippen MR) is 67.0 cm³/mol. The number of nitrogens with one attached hydrogen (secondary N) is 2. The van der Waals surface area contributed by atoms with Crippen LogP contribution in [0.3, 0.4) is 0 Å². The van der Waals surface area contributed by atoms with Crippen LogP contribution in [-0.4, -0.2) is 17.8 Å². The van der Waals surface area contributed by atoms with Gasteiger partial charge in [-0.05, 0) is 30.5 Å². The second-order valence-corrected chi connectivity index (χ2v) is 4.18. The lowest BCUT2D eigenvalue weighted by Crippen LogP contribution is -2.39. The number of amides is 3. The Kier molecular flexibility index (Phi) is 5.09. The van der Waals surface area contributed by atoms with Crippen molar-refractivity contribution in [3.05, 3.63) is 34.6 Å². The number of rotatable bonds is 3. The molecule has 3 amide bonds. The van der Waals surface area contributed by atoms with E-state index in [2.05, 4.69) is 5.32 Å². The highest BCUT2D eigenvalue weighted by molar-refractivity contribution is 6.28. The summed E-state index contributed by atoms with van der Waals surface area (Å²) in [4.78, 5) is 22.1. The van der Waals surface area contributed by atoms with E-state index in [0.29, 0.717) is 11.1 Å². The average molecular weight is 273 g/mol. The largest absolute Gasteiger partial charge is 0.334 e. The summed E-state index contributed by atoms with van der Waals surface area (Å²) in [5.74, 6) is -1.09. The number of urea groups is 1. The molecule has 6 heteroatoms. The smallest absolute Gasteiger partial charge is 0.321 e. The number of halogens is 2. The maximum absolute atomic E-state index is 13.4. The number of imide groups is 1. The van der Waals surface area contributed by atoms with Gasteiger partial charge in [0.2, 0.25) is 5.91 Å².